The lowest BCUT2D eigenvalue weighted by atomic mass is 9.90. The Kier molecular flexibility index (Phi) is 11.2. The zero-order chi connectivity index (χ0) is 37.2. The number of carbonyl (C=O) groups is 2. The Hall–Kier alpha value is -4.10. The number of carbonyl (C=O) groups excluding carboxylic acids is 2. The van der Waals surface area contributed by atoms with Crippen LogP contribution in [0, 0.1) is 13.8 Å². The van der Waals surface area contributed by atoms with Gasteiger partial charge in [-0.25, -0.2) is 4.79 Å². The van der Waals surface area contributed by atoms with Crippen LogP contribution in [0.25, 0.3) is 0 Å². The number of urea groups is 1. The molecule has 0 saturated carbocycles. The zero-order valence-electron chi connectivity index (χ0n) is 29.4. The number of piperazine rings is 1. The molecule has 0 unspecified atom stereocenters. The summed E-state index contributed by atoms with van der Waals surface area (Å²) in [5.74, 6) is -0.824. The number of alkyl halides is 6. The van der Waals surface area contributed by atoms with Crippen LogP contribution in [0.2, 0.25) is 0 Å². The van der Waals surface area contributed by atoms with Crippen LogP contribution in [0.15, 0.2) is 66.7 Å². The van der Waals surface area contributed by atoms with Gasteiger partial charge in [0.05, 0.1) is 11.1 Å². The highest BCUT2D eigenvalue weighted by Crippen LogP contribution is 2.37. The molecule has 0 bridgehead atoms. The van der Waals surface area contributed by atoms with Crippen LogP contribution in [0.1, 0.15) is 63.9 Å². The SMILES string of the molecule is Cc1cccc(C)c1NC(=O)N1CCC(N2CCN([C@H]3CCN(C(=O)c4cc(C(F)(F)F)cc(C(F)(F)F)c4)[C@H](Cc4ccccc4)C3)CC2)CC1. The topological polar surface area (TPSA) is 59.1 Å². The van der Waals surface area contributed by atoms with E-state index >= 15 is 0 Å². The second-order valence-electron chi connectivity index (χ2n) is 14.3. The third kappa shape index (κ3) is 8.74. The largest absolute Gasteiger partial charge is 0.416 e. The molecular weight excluding hydrogens is 684 g/mol. The second kappa shape index (κ2) is 15.5. The van der Waals surface area contributed by atoms with Gasteiger partial charge in [0.1, 0.15) is 0 Å². The van der Waals surface area contributed by atoms with E-state index in [4.69, 9.17) is 0 Å². The molecule has 0 radical (unpaired) electrons. The van der Waals surface area contributed by atoms with E-state index in [2.05, 4.69) is 15.1 Å². The number of nitrogens with one attached hydrogen (secondary N) is 1. The molecule has 13 heteroatoms. The van der Waals surface area contributed by atoms with Crippen LogP contribution in [0.5, 0.6) is 0 Å². The van der Waals surface area contributed by atoms with Crippen molar-refractivity contribution < 1.29 is 35.9 Å². The Labute approximate surface area is 300 Å². The summed E-state index contributed by atoms with van der Waals surface area (Å²) in [6, 6.07) is 16.5. The summed E-state index contributed by atoms with van der Waals surface area (Å²) in [4.78, 5) is 35.1. The lowest BCUT2D eigenvalue weighted by molar-refractivity contribution is -0.143. The van der Waals surface area contributed by atoms with Crippen LogP contribution in [0.4, 0.5) is 36.8 Å². The fourth-order valence-electron chi connectivity index (χ4n) is 8.05. The van der Waals surface area contributed by atoms with Crippen molar-refractivity contribution in [2.45, 2.75) is 76.4 Å². The molecule has 0 aliphatic carbocycles. The maximum Gasteiger partial charge on any atom is 0.416 e. The molecule has 280 valence electrons. The van der Waals surface area contributed by atoms with Gasteiger partial charge in [0.2, 0.25) is 0 Å². The normalized spacial score (nSPS) is 21.3. The number of likely N-dealkylation sites (tertiary alicyclic amines) is 2. The van der Waals surface area contributed by atoms with Crippen LogP contribution in [-0.2, 0) is 18.8 Å². The Morgan fingerprint density at radius 1 is 0.692 bits per heavy atom. The molecule has 3 aromatic rings. The number of para-hydroxylation sites is 1. The lowest BCUT2D eigenvalue weighted by Gasteiger charge is -2.48. The number of halogens is 6. The zero-order valence-corrected chi connectivity index (χ0v) is 29.4. The summed E-state index contributed by atoms with van der Waals surface area (Å²) in [6.45, 7) is 8.87. The molecule has 3 aliphatic rings. The molecule has 3 aliphatic heterocycles. The molecule has 0 aromatic heterocycles. The minimum Gasteiger partial charge on any atom is -0.335 e. The van der Waals surface area contributed by atoms with Gasteiger partial charge < -0.3 is 15.1 Å². The second-order valence-corrected chi connectivity index (χ2v) is 14.3. The molecule has 3 heterocycles. The summed E-state index contributed by atoms with van der Waals surface area (Å²) < 4.78 is 81.8. The van der Waals surface area contributed by atoms with E-state index in [-0.39, 0.29) is 24.7 Å². The number of benzene rings is 3. The van der Waals surface area contributed by atoms with Gasteiger partial charge in [0, 0.05) is 75.2 Å². The Morgan fingerprint density at radius 2 is 1.23 bits per heavy atom. The van der Waals surface area contributed by atoms with E-state index in [0.29, 0.717) is 50.5 Å². The predicted molar refractivity (Wildman–Crippen MR) is 187 cm³/mol. The first kappa shape index (κ1) is 37.7. The van der Waals surface area contributed by atoms with Crippen molar-refractivity contribution in [1.82, 2.24) is 19.6 Å². The summed E-state index contributed by atoms with van der Waals surface area (Å²) in [5.41, 5.74) is 0.248. The van der Waals surface area contributed by atoms with Gasteiger partial charge in [-0.3, -0.25) is 14.6 Å². The van der Waals surface area contributed by atoms with Crippen molar-refractivity contribution in [3.63, 3.8) is 0 Å². The van der Waals surface area contributed by atoms with E-state index < -0.39 is 41.0 Å². The Balaban J connectivity index is 1.08. The monoisotopic (exact) mass is 729 g/mol. The molecule has 3 aromatic carbocycles. The van der Waals surface area contributed by atoms with Crippen molar-refractivity contribution in [2.75, 3.05) is 51.1 Å². The van der Waals surface area contributed by atoms with Crippen LogP contribution >= 0.6 is 0 Å². The first-order chi connectivity index (χ1) is 24.7. The smallest absolute Gasteiger partial charge is 0.335 e. The fourth-order valence-corrected chi connectivity index (χ4v) is 8.05. The van der Waals surface area contributed by atoms with E-state index in [0.717, 1.165) is 61.4 Å². The fraction of sp³-hybridized carbons (Fsp3) is 0.487. The number of piperidine rings is 2. The average Bonchev–Trinajstić information content (AvgIpc) is 3.12. The molecule has 3 fully saturated rings. The molecule has 3 amide bonds. The highest BCUT2D eigenvalue weighted by molar-refractivity contribution is 5.95. The standard InChI is InChI=1S/C39H45F6N5O2/c1-26-7-6-8-27(2)35(26)46-37(52)49-14-11-32(12-15-49)47-17-19-48(20-18-47)33-13-16-50(34(25-33)21-28-9-4-3-5-10-28)36(51)29-22-30(38(40,41)42)24-31(23-29)39(43,44)45/h3-10,22-24,32-34H,11-21,25H2,1-2H3,(H,46,52)/t33-,34+/m0/s1. The molecule has 2 atom stereocenters. The van der Waals surface area contributed by atoms with Gasteiger partial charge in [0.15, 0.2) is 0 Å². The first-order valence-corrected chi connectivity index (χ1v) is 17.9. The van der Waals surface area contributed by atoms with Crippen molar-refractivity contribution in [1.29, 1.82) is 0 Å². The lowest BCUT2D eigenvalue weighted by Crippen LogP contribution is -2.58. The third-order valence-corrected chi connectivity index (χ3v) is 10.9. The van der Waals surface area contributed by atoms with Gasteiger partial charge in [-0.2, -0.15) is 26.3 Å². The number of rotatable bonds is 6. The number of aryl methyl sites for hydroxylation is 2. The average molecular weight is 730 g/mol. The van der Waals surface area contributed by atoms with Crippen LogP contribution in [0.3, 0.4) is 0 Å². The summed E-state index contributed by atoms with van der Waals surface area (Å²) in [7, 11) is 0. The molecule has 3 saturated heterocycles. The molecule has 1 N–H and O–H groups in total. The number of hydrogen-bond donors (Lipinski definition) is 1. The van der Waals surface area contributed by atoms with E-state index in [9.17, 15) is 35.9 Å². The van der Waals surface area contributed by atoms with Gasteiger partial charge in [-0.1, -0.05) is 48.5 Å². The van der Waals surface area contributed by atoms with E-state index in [1.807, 2.05) is 67.3 Å². The van der Waals surface area contributed by atoms with E-state index in [1.165, 1.54) is 4.90 Å². The van der Waals surface area contributed by atoms with Crippen molar-refractivity contribution in [2.24, 2.45) is 0 Å². The molecular formula is C39H45F6N5O2. The minimum absolute atomic E-state index is 0.0533. The molecule has 6 rings (SSSR count). The highest BCUT2D eigenvalue weighted by Gasteiger charge is 2.40. The predicted octanol–water partition coefficient (Wildman–Crippen LogP) is 7.87. The van der Waals surface area contributed by atoms with Crippen LogP contribution in [-0.4, -0.2) is 95.5 Å². The van der Waals surface area contributed by atoms with Gasteiger partial charge >= 0.3 is 18.4 Å². The molecule has 0 spiro atoms. The van der Waals surface area contributed by atoms with Crippen LogP contribution < -0.4 is 5.32 Å². The number of nitrogens with zero attached hydrogens (tertiary/aromatic N) is 4. The maximum absolute atomic E-state index is 13.8. The van der Waals surface area contributed by atoms with Crippen molar-refractivity contribution >= 4 is 17.6 Å². The highest BCUT2D eigenvalue weighted by atomic mass is 19.4. The first-order valence-electron chi connectivity index (χ1n) is 17.9. The van der Waals surface area contributed by atoms with Crippen molar-refractivity contribution in [3.05, 3.63) is 100 Å². The van der Waals surface area contributed by atoms with Gasteiger partial charge in [0.25, 0.3) is 5.91 Å². The summed E-state index contributed by atoms with van der Waals surface area (Å²) in [6.07, 6.45) is -6.77. The Bertz CT molecular complexity index is 1660. The summed E-state index contributed by atoms with van der Waals surface area (Å²) >= 11 is 0. The minimum atomic E-state index is -5.04. The third-order valence-electron chi connectivity index (χ3n) is 10.9. The summed E-state index contributed by atoms with van der Waals surface area (Å²) in [5, 5.41) is 3.09. The quantitative estimate of drug-likeness (QED) is 0.263. The maximum atomic E-state index is 13.8. The Morgan fingerprint density at radius 3 is 1.79 bits per heavy atom. The van der Waals surface area contributed by atoms with Gasteiger partial charge in [-0.05, 0) is 80.8 Å². The molecule has 7 nitrogen and oxygen atoms in total. The molecule has 52 heavy (non-hydrogen) atoms. The number of amides is 3. The van der Waals surface area contributed by atoms with E-state index in [1.54, 1.807) is 0 Å². The van der Waals surface area contributed by atoms with Crippen molar-refractivity contribution in [3.8, 4) is 0 Å². The number of hydrogen-bond acceptors (Lipinski definition) is 4. The van der Waals surface area contributed by atoms with Gasteiger partial charge in [-0.15, -0.1) is 0 Å². The number of anilines is 1.